The molecule has 2 heteroatoms. The molecule has 1 fully saturated rings. The van der Waals surface area contributed by atoms with Gasteiger partial charge >= 0.3 is 0 Å². The quantitative estimate of drug-likeness (QED) is 0.732. The minimum atomic E-state index is 0.261. The van der Waals surface area contributed by atoms with E-state index in [1.165, 1.54) is 5.56 Å². The highest BCUT2D eigenvalue weighted by atomic mass is 16.6. The van der Waals surface area contributed by atoms with Crippen molar-refractivity contribution < 1.29 is 9.47 Å². The Balaban J connectivity index is 2.05. The molecule has 0 atom stereocenters. The van der Waals surface area contributed by atoms with Crippen LogP contribution in [-0.2, 0) is 4.74 Å². The normalized spacial score (nSPS) is 16.8. The van der Waals surface area contributed by atoms with E-state index in [2.05, 4.69) is 26.0 Å². The van der Waals surface area contributed by atoms with Crippen molar-refractivity contribution in [2.24, 2.45) is 0 Å². The van der Waals surface area contributed by atoms with Crippen LogP contribution in [0.1, 0.15) is 25.3 Å². The van der Waals surface area contributed by atoms with Crippen LogP contribution in [0.5, 0.6) is 5.75 Å². The molecule has 0 aliphatic carbocycles. The lowest BCUT2D eigenvalue weighted by molar-refractivity contribution is -0.0797. The number of benzene rings is 1. The minimum absolute atomic E-state index is 0.261. The highest BCUT2D eigenvalue weighted by Gasteiger charge is 2.19. The Labute approximate surface area is 84.8 Å². The third-order valence-corrected chi connectivity index (χ3v) is 2.43. The van der Waals surface area contributed by atoms with Crippen LogP contribution in [0.25, 0.3) is 0 Å². The fraction of sp³-hybridized carbons (Fsp3) is 0.500. The highest BCUT2D eigenvalue weighted by Crippen LogP contribution is 2.22. The van der Waals surface area contributed by atoms with Gasteiger partial charge in [0.25, 0.3) is 0 Å². The van der Waals surface area contributed by atoms with E-state index < -0.39 is 0 Å². The summed E-state index contributed by atoms with van der Waals surface area (Å²) >= 11 is 0. The maximum atomic E-state index is 5.72. The first-order chi connectivity index (χ1) is 6.75. The third kappa shape index (κ3) is 2.07. The first kappa shape index (κ1) is 9.53. The second kappa shape index (κ2) is 4.01. The van der Waals surface area contributed by atoms with Crippen molar-refractivity contribution in [3.63, 3.8) is 0 Å². The predicted molar refractivity (Wildman–Crippen MR) is 55.8 cm³/mol. The lowest BCUT2D eigenvalue weighted by atomic mass is 10.0. The van der Waals surface area contributed by atoms with Gasteiger partial charge in [0, 0.05) is 0 Å². The summed E-state index contributed by atoms with van der Waals surface area (Å²) in [5.74, 6) is 1.51. The van der Waals surface area contributed by atoms with Gasteiger partial charge in [-0.2, -0.15) is 0 Å². The zero-order valence-corrected chi connectivity index (χ0v) is 8.69. The second-order valence-electron chi connectivity index (χ2n) is 4.00. The summed E-state index contributed by atoms with van der Waals surface area (Å²) in [6.45, 7) is 5.83. The average molecular weight is 192 g/mol. The van der Waals surface area contributed by atoms with Crippen LogP contribution in [0.4, 0.5) is 0 Å². The van der Waals surface area contributed by atoms with Crippen molar-refractivity contribution in [3.05, 3.63) is 29.8 Å². The summed E-state index contributed by atoms with van der Waals surface area (Å²) in [7, 11) is 0. The molecule has 0 radical (unpaired) electrons. The topological polar surface area (TPSA) is 18.5 Å². The molecule has 0 unspecified atom stereocenters. The Morgan fingerprint density at radius 3 is 2.71 bits per heavy atom. The van der Waals surface area contributed by atoms with Crippen LogP contribution in [0.3, 0.4) is 0 Å². The van der Waals surface area contributed by atoms with Gasteiger partial charge in [-0.15, -0.1) is 0 Å². The number of rotatable bonds is 3. The fourth-order valence-electron chi connectivity index (χ4n) is 1.42. The van der Waals surface area contributed by atoms with E-state index in [4.69, 9.17) is 9.47 Å². The van der Waals surface area contributed by atoms with Crippen molar-refractivity contribution in [3.8, 4) is 5.75 Å². The van der Waals surface area contributed by atoms with E-state index in [1.807, 2.05) is 12.1 Å². The van der Waals surface area contributed by atoms with E-state index in [1.54, 1.807) is 0 Å². The van der Waals surface area contributed by atoms with Crippen molar-refractivity contribution in [2.45, 2.75) is 25.9 Å². The van der Waals surface area contributed by atoms with Crippen molar-refractivity contribution in [1.29, 1.82) is 0 Å². The van der Waals surface area contributed by atoms with Gasteiger partial charge in [-0.1, -0.05) is 26.0 Å². The molecule has 0 saturated carbocycles. The van der Waals surface area contributed by atoms with E-state index in [9.17, 15) is 0 Å². The summed E-state index contributed by atoms with van der Waals surface area (Å²) in [5.41, 5.74) is 1.32. The predicted octanol–water partition coefficient (Wildman–Crippen LogP) is 2.59. The second-order valence-corrected chi connectivity index (χ2v) is 4.00. The van der Waals surface area contributed by atoms with E-state index in [0.29, 0.717) is 5.92 Å². The largest absolute Gasteiger partial charge is 0.486 e. The van der Waals surface area contributed by atoms with Gasteiger partial charge in [0.2, 0.25) is 0 Å². The molecule has 0 bridgehead atoms. The molecule has 76 valence electrons. The van der Waals surface area contributed by atoms with E-state index in [0.717, 1.165) is 19.0 Å². The lowest BCUT2D eigenvalue weighted by Gasteiger charge is -2.27. The summed E-state index contributed by atoms with van der Waals surface area (Å²) in [6.07, 6.45) is 0.261. The van der Waals surface area contributed by atoms with Gasteiger partial charge in [0.15, 0.2) is 0 Å². The lowest BCUT2D eigenvalue weighted by Crippen LogP contribution is -2.38. The Kier molecular flexibility index (Phi) is 2.73. The molecular weight excluding hydrogens is 176 g/mol. The van der Waals surface area contributed by atoms with Gasteiger partial charge in [-0.25, -0.2) is 0 Å². The average Bonchev–Trinajstić information content (AvgIpc) is 2.12. The molecule has 1 aromatic carbocycles. The van der Waals surface area contributed by atoms with Crippen LogP contribution in [0.2, 0.25) is 0 Å². The molecule has 1 heterocycles. The molecular formula is C12H16O2. The molecule has 1 aromatic rings. The van der Waals surface area contributed by atoms with Crippen molar-refractivity contribution >= 4 is 0 Å². The number of hydrogen-bond acceptors (Lipinski definition) is 2. The van der Waals surface area contributed by atoms with Crippen LogP contribution >= 0.6 is 0 Å². The molecule has 1 aliphatic heterocycles. The molecule has 0 aromatic heterocycles. The van der Waals surface area contributed by atoms with Gasteiger partial charge in [-0.3, -0.25) is 0 Å². The van der Waals surface area contributed by atoms with E-state index in [-0.39, 0.29) is 6.10 Å². The Bertz CT molecular complexity index is 303. The van der Waals surface area contributed by atoms with Crippen molar-refractivity contribution in [1.82, 2.24) is 0 Å². The maximum Gasteiger partial charge on any atom is 0.145 e. The Morgan fingerprint density at radius 1 is 1.36 bits per heavy atom. The van der Waals surface area contributed by atoms with Gasteiger partial charge in [0.1, 0.15) is 11.9 Å². The summed E-state index contributed by atoms with van der Waals surface area (Å²) < 4.78 is 10.8. The third-order valence-electron chi connectivity index (χ3n) is 2.43. The fourth-order valence-corrected chi connectivity index (χ4v) is 1.42. The maximum absolute atomic E-state index is 5.72. The summed E-state index contributed by atoms with van der Waals surface area (Å²) in [6, 6.07) is 8.30. The Morgan fingerprint density at radius 2 is 2.14 bits per heavy atom. The molecule has 2 rings (SSSR count). The standard InChI is InChI=1S/C12H16O2/c1-9(2)10-4-3-5-11(6-10)14-12-7-13-8-12/h3-6,9,12H,7-8H2,1-2H3. The first-order valence-electron chi connectivity index (χ1n) is 5.10. The zero-order chi connectivity index (χ0) is 9.97. The smallest absolute Gasteiger partial charge is 0.145 e. The van der Waals surface area contributed by atoms with Crippen LogP contribution in [0.15, 0.2) is 24.3 Å². The first-order valence-corrected chi connectivity index (χ1v) is 5.10. The molecule has 2 nitrogen and oxygen atoms in total. The van der Waals surface area contributed by atoms with E-state index >= 15 is 0 Å². The van der Waals surface area contributed by atoms with Gasteiger partial charge in [-0.05, 0) is 23.6 Å². The zero-order valence-electron chi connectivity index (χ0n) is 8.69. The van der Waals surface area contributed by atoms with Crippen molar-refractivity contribution in [2.75, 3.05) is 13.2 Å². The molecule has 0 amide bonds. The number of ether oxygens (including phenoxy) is 2. The Hall–Kier alpha value is -1.02. The van der Waals surface area contributed by atoms with Crippen LogP contribution in [-0.4, -0.2) is 19.3 Å². The van der Waals surface area contributed by atoms with Crippen LogP contribution < -0.4 is 4.74 Å². The molecule has 14 heavy (non-hydrogen) atoms. The molecule has 1 saturated heterocycles. The monoisotopic (exact) mass is 192 g/mol. The summed E-state index contributed by atoms with van der Waals surface area (Å²) in [5, 5.41) is 0. The molecule has 0 spiro atoms. The summed E-state index contributed by atoms with van der Waals surface area (Å²) in [4.78, 5) is 0. The number of hydrogen-bond donors (Lipinski definition) is 0. The minimum Gasteiger partial charge on any atom is -0.486 e. The SMILES string of the molecule is CC(C)c1cccc(OC2COC2)c1. The van der Waals surface area contributed by atoms with Crippen LogP contribution in [0, 0.1) is 0 Å². The highest BCUT2D eigenvalue weighted by molar-refractivity contribution is 5.30. The van der Waals surface area contributed by atoms with Gasteiger partial charge in [0.05, 0.1) is 13.2 Å². The molecule has 1 aliphatic rings. The van der Waals surface area contributed by atoms with Gasteiger partial charge < -0.3 is 9.47 Å². The molecule has 0 N–H and O–H groups in total.